The van der Waals surface area contributed by atoms with Crippen molar-refractivity contribution >= 4 is 17.4 Å². The summed E-state index contributed by atoms with van der Waals surface area (Å²) in [5.41, 5.74) is 1.78. The lowest BCUT2D eigenvalue weighted by Crippen LogP contribution is -2.32. The summed E-state index contributed by atoms with van der Waals surface area (Å²) < 4.78 is 14.4. The zero-order chi connectivity index (χ0) is 15.8. The van der Waals surface area contributed by atoms with Gasteiger partial charge in [-0.15, -0.1) is 0 Å². The van der Waals surface area contributed by atoms with E-state index in [1.165, 1.54) is 0 Å². The lowest BCUT2D eigenvalue weighted by Gasteiger charge is -2.31. The Morgan fingerprint density at radius 3 is 2.67 bits per heavy atom. The molecule has 0 heterocycles. The van der Waals surface area contributed by atoms with Gasteiger partial charge in [-0.05, 0) is 56.9 Å². The number of para-hydroxylation sites is 1. The van der Waals surface area contributed by atoms with Gasteiger partial charge in [-0.25, -0.2) is 4.39 Å². The summed E-state index contributed by atoms with van der Waals surface area (Å²) >= 11 is 1.84. The summed E-state index contributed by atoms with van der Waals surface area (Å²) in [6, 6.07) is 5.88. The van der Waals surface area contributed by atoms with E-state index in [4.69, 9.17) is 0 Å². The van der Waals surface area contributed by atoms with Gasteiger partial charge in [0, 0.05) is 19.1 Å². The molecule has 4 heteroatoms. The molecule has 21 heavy (non-hydrogen) atoms. The average Bonchev–Trinajstić information content (AvgIpc) is 2.49. The van der Waals surface area contributed by atoms with Crippen LogP contribution in [0, 0.1) is 5.82 Å². The molecular formula is C17H29FN2S. The highest BCUT2D eigenvalue weighted by Gasteiger charge is 2.20. The summed E-state index contributed by atoms with van der Waals surface area (Å²) in [6.07, 6.45) is 4.25. The topological polar surface area (TPSA) is 15.3 Å². The predicted octanol–water partition coefficient (Wildman–Crippen LogP) is 4.46. The van der Waals surface area contributed by atoms with E-state index in [1.807, 2.05) is 24.9 Å². The van der Waals surface area contributed by atoms with Crippen LogP contribution in [0.5, 0.6) is 0 Å². The molecule has 2 unspecified atom stereocenters. The molecule has 1 aromatic carbocycles. The van der Waals surface area contributed by atoms with Crippen LogP contribution in [-0.2, 0) is 0 Å². The molecule has 0 aliphatic heterocycles. The van der Waals surface area contributed by atoms with Crippen molar-refractivity contribution in [3.05, 3.63) is 29.6 Å². The second-order valence-corrected chi connectivity index (χ2v) is 6.58. The summed E-state index contributed by atoms with van der Waals surface area (Å²) in [5.74, 6) is 0.968. The van der Waals surface area contributed by atoms with E-state index in [1.54, 1.807) is 12.1 Å². The minimum atomic E-state index is -0.129. The van der Waals surface area contributed by atoms with Crippen molar-refractivity contribution in [2.75, 3.05) is 30.5 Å². The molecule has 1 rings (SSSR count). The highest BCUT2D eigenvalue weighted by atomic mass is 32.2. The predicted molar refractivity (Wildman–Crippen MR) is 94.0 cm³/mol. The number of thioether (sulfide) groups is 1. The quantitative estimate of drug-likeness (QED) is 0.724. The maximum atomic E-state index is 14.4. The first-order valence-corrected chi connectivity index (χ1v) is 9.15. The Bertz CT molecular complexity index is 425. The number of rotatable bonds is 9. The summed E-state index contributed by atoms with van der Waals surface area (Å²) in [4.78, 5) is 2.09. The van der Waals surface area contributed by atoms with Crippen molar-refractivity contribution in [3.63, 3.8) is 0 Å². The van der Waals surface area contributed by atoms with Gasteiger partial charge in [0.25, 0.3) is 0 Å². The number of hydrogen-bond donors (Lipinski definition) is 1. The zero-order valence-electron chi connectivity index (χ0n) is 13.9. The molecule has 0 saturated heterocycles. The van der Waals surface area contributed by atoms with Crippen LogP contribution < -0.4 is 10.2 Å². The van der Waals surface area contributed by atoms with Gasteiger partial charge in [0.1, 0.15) is 5.82 Å². The molecule has 0 radical (unpaired) electrons. The molecule has 0 amide bonds. The fourth-order valence-electron chi connectivity index (χ4n) is 2.43. The van der Waals surface area contributed by atoms with Crippen molar-refractivity contribution < 1.29 is 4.39 Å². The second kappa shape index (κ2) is 9.31. The van der Waals surface area contributed by atoms with Crippen LogP contribution in [0.2, 0.25) is 0 Å². The van der Waals surface area contributed by atoms with Crippen LogP contribution >= 0.6 is 11.8 Å². The smallest absolute Gasteiger partial charge is 0.146 e. The van der Waals surface area contributed by atoms with E-state index in [-0.39, 0.29) is 11.9 Å². The number of anilines is 1. The standard InChI is InChI=1S/C17H29FN2S/c1-6-11-19-14(3)15-8-7-9-16(18)17(15)20(4)13(2)10-12-21-5/h7-9,13-14,19H,6,10-12H2,1-5H3. The Morgan fingerprint density at radius 2 is 2.05 bits per heavy atom. The number of nitrogens with zero attached hydrogens (tertiary/aromatic N) is 1. The maximum absolute atomic E-state index is 14.4. The summed E-state index contributed by atoms with van der Waals surface area (Å²) in [6.45, 7) is 7.36. The van der Waals surface area contributed by atoms with Crippen molar-refractivity contribution in [1.29, 1.82) is 0 Å². The van der Waals surface area contributed by atoms with Gasteiger partial charge in [-0.1, -0.05) is 19.1 Å². The third-order valence-corrected chi connectivity index (χ3v) is 4.58. The van der Waals surface area contributed by atoms with Crippen LogP contribution in [0.25, 0.3) is 0 Å². The lowest BCUT2D eigenvalue weighted by atomic mass is 10.0. The number of hydrogen-bond acceptors (Lipinski definition) is 3. The Balaban J connectivity index is 2.98. The molecule has 0 spiro atoms. The summed E-state index contributed by atoms with van der Waals surface area (Å²) in [7, 11) is 2.00. The molecule has 2 nitrogen and oxygen atoms in total. The first-order chi connectivity index (χ1) is 10.0. The van der Waals surface area contributed by atoms with Gasteiger partial charge in [0.15, 0.2) is 0 Å². The van der Waals surface area contributed by atoms with Crippen molar-refractivity contribution in [1.82, 2.24) is 5.32 Å². The molecule has 2 atom stereocenters. The van der Waals surface area contributed by atoms with Gasteiger partial charge >= 0.3 is 0 Å². The van der Waals surface area contributed by atoms with Crippen molar-refractivity contribution in [2.45, 2.75) is 45.7 Å². The van der Waals surface area contributed by atoms with Crippen LogP contribution in [0.15, 0.2) is 18.2 Å². The SMILES string of the molecule is CCCNC(C)c1cccc(F)c1N(C)C(C)CCSC. The second-order valence-electron chi connectivity index (χ2n) is 5.59. The van der Waals surface area contributed by atoms with E-state index in [0.717, 1.165) is 36.4 Å². The minimum Gasteiger partial charge on any atom is -0.369 e. The highest BCUT2D eigenvalue weighted by Crippen LogP contribution is 2.30. The third kappa shape index (κ3) is 5.19. The maximum Gasteiger partial charge on any atom is 0.146 e. The van der Waals surface area contributed by atoms with Gasteiger partial charge in [0.2, 0.25) is 0 Å². The third-order valence-electron chi connectivity index (χ3n) is 3.94. The fraction of sp³-hybridized carbons (Fsp3) is 0.647. The average molecular weight is 312 g/mol. The molecule has 0 aromatic heterocycles. The molecule has 1 N–H and O–H groups in total. The Kier molecular flexibility index (Phi) is 8.12. The molecule has 0 bridgehead atoms. The number of halogens is 1. The number of benzene rings is 1. The van der Waals surface area contributed by atoms with Crippen molar-refractivity contribution in [3.8, 4) is 0 Å². The largest absolute Gasteiger partial charge is 0.369 e. The van der Waals surface area contributed by atoms with E-state index in [9.17, 15) is 4.39 Å². The molecular weight excluding hydrogens is 283 g/mol. The van der Waals surface area contributed by atoms with Crippen LogP contribution in [0.3, 0.4) is 0 Å². The highest BCUT2D eigenvalue weighted by molar-refractivity contribution is 7.98. The Morgan fingerprint density at radius 1 is 1.33 bits per heavy atom. The van der Waals surface area contributed by atoms with Crippen LogP contribution in [0.4, 0.5) is 10.1 Å². The minimum absolute atomic E-state index is 0.129. The van der Waals surface area contributed by atoms with E-state index in [2.05, 4.69) is 37.2 Å². The van der Waals surface area contributed by atoms with Gasteiger partial charge in [-0.3, -0.25) is 0 Å². The van der Waals surface area contributed by atoms with Crippen molar-refractivity contribution in [2.24, 2.45) is 0 Å². The van der Waals surface area contributed by atoms with Gasteiger partial charge in [-0.2, -0.15) is 11.8 Å². The molecule has 0 fully saturated rings. The van der Waals surface area contributed by atoms with E-state index < -0.39 is 0 Å². The van der Waals surface area contributed by atoms with E-state index in [0.29, 0.717) is 6.04 Å². The molecule has 0 saturated carbocycles. The first-order valence-electron chi connectivity index (χ1n) is 7.76. The molecule has 0 aliphatic rings. The van der Waals surface area contributed by atoms with E-state index >= 15 is 0 Å². The number of nitrogens with one attached hydrogen (secondary N) is 1. The normalized spacial score (nSPS) is 14.0. The molecule has 0 aliphatic carbocycles. The zero-order valence-corrected chi connectivity index (χ0v) is 14.8. The lowest BCUT2D eigenvalue weighted by molar-refractivity contribution is 0.552. The fourth-order valence-corrected chi connectivity index (χ4v) is 3.00. The first kappa shape index (κ1) is 18.3. The van der Waals surface area contributed by atoms with Gasteiger partial charge in [0.05, 0.1) is 5.69 Å². The summed E-state index contributed by atoms with van der Waals surface area (Å²) in [5, 5.41) is 3.46. The Hall–Kier alpha value is -0.740. The van der Waals surface area contributed by atoms with Crippen LogP contribution in [-0.4, -0.2) is 31.6 Å². The monoisotopic (exact) mass is 312 g/mol. The van der Waals surface area contributed by atoms with Gasteiger partial charge < -0.3 is 10.2 Å². The molecule has 1 aromatic rings. The molecule has 120 valence electrons. The Labute approximate surface area is 133 Å². The van der Waals surface area contributed by atoms with Crippen LogP contribution in [0.1, 0.15) is 45.2 Å².